The molecule has 0 spiro atoms. The largest absolute Gasteiger partial charge is 0.383 e. The van der Waals surface area contributed by atoms with Crippen molar-refractivity contribution in [3.8, 4) is 0 Å². The number of nitrogens with one attached hydrogen (secondary N) is 2. The zero-order valence-corrected chi connectivity index (χ0v) is 13.8. The van der Waals surface area contributed by atoms with E-state index in [0.717, 1.165) is 29.9 Å². The monoisotopic (exact) mass is 335 g/mol. The van der Waals surface area contributed by atoms with E-state index in [1.165, 1.54) is 0 Å². The van der Waals surface area contributed by atoms with Gasteiger partial charge in [-0.2, -0.15) is 0 Å². The van der Waals surface area contributed by atoms with Gasteiger partial charge in [-0.1, -0.05) is 42.5 Å². The predicted molar refractivity (Wildman–Crippen MR) is 97.6 cm³/mol. The summed E-state index contributed by atoms with van der Waals surface area (Å²) in [6, 6.07) is 21.1. The fourth-order valence-corrected chi connectivity index (χ4v) is 2.88. The number of carbonyl (C=O) groups excluding carboxylic acids is 1. The fourth-order valence-electron chi connectivity index (χ4n) is 2.88. The molecule has 1 amide bonds. The van der Waals surface area contributed by atoms with E-state index in [1.54, 1.807) is 5.48 Å². The van der Waals surface area contributed by atoms with E-state index in [9.17, 15) is 4.79 Å². The second-order valence-electron chi connectivity index (χ2n) is 5.79. The SMILES string of the molecule is O=C(NO)C(c1ccccc1)c1cccc(NCCn2cccc2)c1. The fraction of sp³-hybridized carbons (Fsp3) is 0.150. The van der Waals surface area contributed by atoms with Crippen LogP contribution < -0.4 is 10.8 Å². The van der Waals surface area contributed by atoms with E-state index in [4.69, 9.17) is 5.21 Å². The van der Waals surface area contributed by atoms with Gasteiger partial charge in [0.25, 0.3) is 5.91 Å². The molecule has 25 heavy (non-hydrogen) atoms. The summed E-state index contributed by atoms with van der Waals surface area (Å²) in [5, 5.41) is 12.5. The predicted octanol–water partition coefficient (Wildman–Crippen LogP) is 3.24. The Kier molecular flexibility index (Phi) is 5.49. The number of amides is 1. The molecule has 3 aromatic rings. The third-order valence-corrected chi connectivity index (χ3v) is 4.09. The average Bonchev–Trinajstić information content (AvgIpc) is 3.16. The summed E-state index contributed by atoms with van der Waals surface area (Å²) < 4.78 is 2.10. The van der Waals surface area contributed by atoms with Gasteiger partial charge in [-0.3, -0.25) is 10.0 Å². The van der Waals surface area contributed by atoms with Crippen LogP contribution in [0.25, 0.3) is 0 Å². The van der Waals surface area contributed by atoms with Crippen molar-refractivity contribution in [2.45, 2.75) is 12.5 Å². The highest BCUT2D eigenvalue weighted by Gasteiger charge is 2.22. The summed E-state index contributed by atoms with van der Waals surface area (Å²) >= 11 is 0. The van der Waals surface area contributed by atoms with Gasteiger partial charge in [-0.15, -0.1) is 0 Å². The van der Waals surface area contributed by atoms with Crippen LogP contribution in [-0.4, -0.2) is 22.2 Å². The van der Waals surface area contributed by atoms with Crippen molar-refractivity contribution < 1.29 is 10.0 Å². The Labute approximate surface area is 146 Å². The summed E-state index contributed by atoms with van der Waals surface area (Å²) in [6.07, 6.45) is 4.05. The second-order valence-corrected chi connectivity index (χ2v) is 5.79. The molecule has 0 fully saturated rings. The first-order valence-electron chi connectivity index (χ1n) is 8.21. The highest BCUT2D eigenvalue weighted by Crippen LogP contribution is 2.26. The van der Waals surface area contributed by atoms with Crippen molar-refractivity contribution in [2.75, 3.05) is 11.9 Å². The quantitative estimate of drug-likeness (QED) is 0.459. The first-order chi connectivity index (χ1) is 12.3. The van der Waals surface area contributed by atoms with Crippen molar-refractivity contribution in [3.05, 3.63) is 90.3 Å². The zero-order chi connectivity index (χ0) is 17.5. The van der Waals surface area contributed by atoms with Gasteiger partial charge in [-0.25, -0.2) is 5.48 Å². The minimum Gasteiger partial charge on any atom is -0.383 e. The van der Waals surface area contributed by atoms with Gasteiger partial charge >= 0.3 is 0 Å². The summed E-state index contributed by atoms with van der Waals surface area (Å²) in [7, 11) is 0. The molecule has 0 radical (unpaired) electrons. The number of rotatable bonds is 7. The zero-order valence-electron chi connectivity index (χ0n) is 13.8. The minimum atomic E-state index is -0.558. The van der Waals surface area contributed by atoms with E-state index >= 15 is 0 Å². The number of carbonyl (C=O) groups is 1. The highest BCUT2D eigenvalue weighted by molar-refractivity contribution is 5.86. The molecule has 5 nitrogen and oxygen atoms in total. The maximum atomic E-state index is 12.2. The van der Waals surface area contributed by atoms with Crippen LogP contribution in [0, 0.1) is 0 Å². The molecule has 0 saturated carbocycles. The molecule has 1 atom stereocenters. The Hall–Kier alpha value is -3.05. The van der Waals surface area contributed by atoms with Gasteiger partial charge in [-0.05, 0) is 35.4 Å². The van der Waals surface area contributed by atoms with Crippen LogP contribution in [0.1, 0.15) is 17.0 Å². The molecule has 3 rings (SSSR count). The number of aromatic nitrogens is 1. The molecular formula is C20H21N3O2. The van der Waals surface area contributed by atoms with Gasteiger partial charge < -0.3 is 9.88 Å². The lowest BCUT2D eigenvalue weighted by atomic mass is 9.90. The molecule has 0 bridgehead atoms. The number of nitrogens with zero attached hydrogens (tertiary/aromatic N) is 1. The van der Waals surface area contributed by atoms with Crippen LogP contribution in [0.5, 0.6) is 0 Å². The van der Waals surface area contributed by atoms with Crippen molar-refractivity contribution in [2.24, 2.45) is 0 Å². The number of hydrogen-bond acceptors (Lipinski definition) is 3. The van der Waals surface area contributed by atoms with Gasteiger partial charge in [0.15, 0.2) is 0 Å². The lowest BCUT2D eigenvalue weighted by Crippen LogP contribution is -2.27. The average molecular weight is 335 g/mol. The van der Waals surface area contributed by atoms with Crippen molar-refractivity contribution in [3.63, 3.8) is 0 Å². The van der Waals surface area contributed by atoms with Crippen LogP contribution in [0.2, 0.25) is 0 Å². The molecule has 1 unspecified atom stereocenters. The molecule has 0 saturated heterocycles. The number of hydroxylamine groups is 1. The molecule has 1 aromatic heterocycles. The standard InChI is InChI=1S/C20H21N3O2/c24-20(22-25)19(16-7-2-1-3-8-16)17-9-6-10-18(15-17)21-11-14-23-12-4-5-13-23/h1-10,12-13,15,19,21,25H,11,14H2,(H,22,24). The lowest BCUT2D eigenvalue weighted by Gasteiger charge is -2.17. The van der Waals surface area contributed by atoms with E-state index in [1.807, 2.05) is 79.1 Å². The molecule has 3 N–H and O–H groups in total. The first kappa shape index (κ1) is 16.8. The van der Waals surface area contributed by atoms with E-state index in [-0.39, 0.29) is 0 Å². The van der Waals surface area contributed by atoms with Crippen LogP contribution in [0.4, 0.5) is 5.69 Å². The third-order valence-electron chi connectivity index (χ3n) is 4.09. The molecule has 128 valence electrons. The molecule has 0 aliphatic heterocycles. The Bertz CT molecular complexity index is 801. The maximum Gasteiger partial charge on any atom is 0.255 e. The molecule has 0 aliphatic carbocycles. The Morgan fingerprint density at radius 2 is 1.68 bits per heavy atom. The van der Waals surface area contributed by atoms with Gasteiger partial charge in [0.2, 0.25) is 0 Å². The topological polar surface area (TPSA) is 66.3 Å². The lowest BCUT2D eigenvalue weighted by molar-refractivity contribution is -0.129. The van der Waals surface area contributed by atoms with Crippen molar-refractivity contribution >= 4 is 11.6 Å². The van der Waals surface area contributed by atoms with Crippen LogP contribution in [0.15, 0.2) is 79.1 Å². The third kappa shape index (κ3) is 4.28. The summed E-state index contributed by atoms with van der Waals surface area (Å²) in [5.41, 5.74) is 4.38. The Morgan fingerprint density at radius 1 is 0.960 bits per heavy atom. The number of hydrogen-bond donors (Lipinski definition) is 3. The minimum absolute atomic E-state index is 0.448. The van der Waals surface area contributed by atoms with Crippen LogP contribution >= 0.6 is 0 Å². The highest BCUT2D eigenvalue weighted by atomic mass is 16.5. The van der Waals surface area contributed by atoms with Gasteiger partial charge in [0.1, 0.15) is 0 Å². The van der Waals surface area contributed by atoms with Crippen LogP contribution in [-0.2, 0) is 11.3 Å². The normalized spacial score (nSPS) is 11.7. The summed E-state index contributed by atoms with van der Waals surface area (Å²) in [4.78, 5) is 12.2. The molecule has 5 heteroatoms. The van der Waals surface area contributed by atoms with Gasteiger partial charge in [0.05, 0.1) is 5.92 Å². The van der Waals surface area contributed by atoms with Crippen molar-refractivity contribution in [1.29, 1.82) is 0 Å². The number of anilines is 1. The Balaban J connectivity index is 1.76. The second kappa shape index (κ2) is 8.17. The van der Waals surface area contributed by atoms with Crippen molar-refractivity contribution in [1.82, 2.24) is 10.0 Å². The smallest absolute Gasteiger partial charge is 0.255 e. The molecule has 2 aromatic carbocycles. The van der Waals surface area contributed by atoms with E-state index in [0.29, 0.717) is 0 Å². The van der Waals surface area contributed by atoms with E-state index < -0.39 is 11.8 Å². The summed E-state index contributed by atoms with van der Waals surface area (Å²) in [6.45, 7) is 1.64. The first-order valence-corrected chi connectivity index (χ1v) is 8.21. The van der Waals surface area contributed by atoms with Crippen LogP contribution in [0.3, 0.4) is 0 Å². The summed E-state index contributed by atoms with van der Waals surface area (Å²) in [5.74, 6) is -1.01. The van der Waals surface area contributed by atoms with Gasteiger partial charge in [0, 0.05) is 31.2 Å². The maximum absolute atomic E-state index is 12.2. The number of benzene rings is 2. The molecular weight excluding hydrogens is 314 g/mol. The molecule has 0 aliphatic rings. The molecule has 1 heterocycles. The van der Waals surface area contributed by atoms with E-state index in [2.05, 4.69) is 9.88 Å². The Morgan fingerprint density at radius 3 is 2.40 bits per heavy atom.